The maximum absolute atomic E-state index is 13.0. The number of hydrogen-bond donors (Lipinski definition) is 1. The molecule has 1 aromatic rings. The zero-order valence-electron chi connectivity index (χ0n) is 16.9. The molecule has 0 aliphatic carbocycles. The fraction of sp³-hybridized carbons (Fsp3) is 0.600. The summed E-state index contributed by atoms with van der Waals surface area (Å²) in [6.07, 6.45) is -31.3. The van der Waals surface area contributed by atoms with Gasteiger partial charge in [-0.25, -0.2) is 0 Å². The SMILES string of the molecule is CC(C)C(N)c1c(OC(F)(F)F)c(OC(F)(F)F)c(OC(F)(F)F)c(OC(F)(F)F)c1OC(F)(F)F. The van der Waals surface area contributed by atoms with Gasteiger partial charge in [-0.05, 0) is 5.92 Å². The molecule has 1 unspecified atom stereocenters. The molecule has 2 N–H and O–H groups in total. The molecule has 0 radical (unpaired) electrons. The summed E-state index contributed by atoms with van der Waals surface area (Å²) in [4.78, 5) is 0. The van der Waals surface area contributed by atoms with Crippen molar-refractivity contribution in [3.05, 3.63) is 5.56 Å². The number of benzene rings is 1. The molecule has 0 saturated heterocycles. The fourth-order valence-electron chi connectivity index (χ4n) is 2.35. The van der Waals surface area contributed by atoms with E-state index in [0.717, 1.165) is 13.8 Å². The van der Waals surface area contributed by atoms with Crippen LogP contribution in [0.3, 0.4) is 0 Å². The lowest BCUT2D eigenvalue weighted by atomic mass is 9.94. The molecule has 210 valence electrons. The highest BCUT2D eigenvalue weighted by Crippen LogP contribution is 2.60. The van der Waals surface area contributed by atoms with Crippen molar-refractivity contribution in [1.29, 1.82) is 0 Å². The molecule has 1 rings (SSSR count). The minimum Gasteiger partial charge on any atom is -0.401 e. The van der Waals surface area contributed by atoms with Crippen molar-refractivity contribution in [1.82, 2.24) is 0 Å². The lowest BCUT2D eigenvalue weighted by molar-refractivity contribution is -0.300. The Kier molecular flexibility index (Phi) is 8.55. The molecule has 0 aliphatic heterocycles. The molecule has 36 heavy (non-hydrogen) atoms. The lowest BCUT2D eigenvalue weighted by Crippen LogP contribution is -2.30. The maximum atomic E-state index is 13.0. The number of rotatable bonds is 7. The molecule has 1 aromatic carbocycles. The molecule has 21 heteroatoms. The van der Waals surface area contributed by atoms with E-state index in [9.17, 15) is 65.9 Å². The Hall–Kier alpha value is -2.87. The van der Waals surface area contributed by atoms with Gasteiger partial charge in [0.05, 0.1) is 5.56 Å². The molecule has 0 amide bonds. The zero-order valence-corrected chi connectivity index (χ0v) is 16.9. The molecule has 0 fully saturated rings. The van der Waals surface area contributed by atoms with E-state index in [1.54, 1.807) is 0 Å². The number of alkyl halides is 15. The van der Waals surface area contributed by atoms with E-state index in [1.165, 1.54) is 0 Å². The molecule has 1 atom stereocenters. The first-order valence-electron chi connectivity index (χ1n) is 8.49. The van der Waals surface area contributed by atoms with Crippen molar-refractivity contribution in [3.63, 3.8) is 0 Å². The Morgan fingerprint density at radius 2 is 0.639 bits per heavy atom. The summed E-state index contributed by atoms with van der Waals surface area (Å²) in [6.45, 7) is 1.79. The molecule has 0 aliphatic rings. The van der Waals surface area contributed by atoms with Crippen molar-refractivity contribution in [2.75, 3.05) is 0 Å². The summed E-state index contributed by atoms with van der Waals surface area (Å²) >= 11 is 0. The minimum atomic E-state index is -6.35. The summed E-state index contributed by atoms with van der Waals surface area (Å²) in [6, 6.07) is -2.43. The minimum absolute atomic E-state index is 0.897. The first kappa shape index (κ1) is 31.2. The van der Waals surface area contributed by atoms with Gasteiger partial charge in [-0.3, -0.25) is 0 Å². The van der Waals surface area contributed by atoms with E-state index in [-0.39, 0.29) is 0 Å². The Morgan fingerprint density at radius 1 is 0.444 bits per heavy atom. The molecule has 0 heterocycles. The van der Waals surface area contributed by atoms with Gasteiger partial charge in [-0.15, -0.1) is 65.9 Å². The van der Waals surface area contributed by atoms with Crippen LogP contribution in [0.25, 0.3) is 0 Å². The molecule has 0 saturated carbocycles. The monoisotopic (exact) mass is 569 g/mol. The third-order valence-electron chi connectivity index (χ3n) is 3.45. The van der Waals surface area contributed by atoms with E-state index in [2.05, 4.69) is 23.7 Å². The topological polar surface area (TPSA) is 72.2 Å². The number of halogens is 15. The summed E-state index contributed by atoms with van der Waals surface area (Å²) in [7, 11) is 0. The predicted octanol–water partition coefficient (Wildman–Crippen LogP) is 6.84. The van der Waals surface area contributed by atoms with Crippen LogP contribution in [0, 0.1) is 5.92 Å². The smallest absolute Gasteiger partial charge is 0.401 e. The normalized spacial score (nSPS) is 14.5. The van der Waals surface area contributed by atoms with Gasteiger partial charge in [0.2, 0.25) is 17.2 Å². The summed E-state index contributed by atoms with van der Waals surface area (Å²) in [5, 5.41) is 0. The first-order chi connectivity index (χ1) is 15.7. The largest absolute Gasteiger partial charge is 0.573 e. The van der Waals surface area contributed by atoms with Gasteiger partial charge in [0, 0.05) is 6.04 Å². The van der Waals surface area contributed by atoms with E-state index < -0.39 is 78.1 Å². The van der Waals surface area contributed by atoms with Crippen LogP contribution in [0.1, 0.15) is 25.5 Å². The second-order valence-electron chi connectivity index (χ2n) is 6.57. The van der Waals surface area contributed by atoms with E-state index >= 15 is 0 Å². The van der Waals surface area contributed by atoms with Crippen LogP contribution in [-0.2, 0) is 0 Å². The van der Waals surface area contributed by atoms with Gasteiger partial charge in [0.25, 0.3) is 0 Å². The molecule has 0 spiro atoms. The summed E-state index contributed by atoms with van der Waals surface area (Å²) in [5.74, 6) is -15.8. The third-order valence-corrected chi connectivity index (χ3v) is 3.45. The molecular weight excluding hydrogens is 559 g/mol. The van der Waals surface area contributed by atoms with E-state index in [4.69, 9.17) is 5.73 Å². The number of ether oxygens (including phenoxy) is 5. The van der Waals surface area contributed by atoms with Crippen molar-refractivity contribution in [2.45, 2.75) is 51.7 Å². The van der Waals surface area contributed by atoms with Crippen LogP contribution in [-0.4, -0.2) is 31.8 Å². The highest BCUT2D eigenvalue weighted by molar-refractivity contribution is 5.71. The highest BCUT2D eigenvalue weighted by atomic mass is 19.4. The predicted molar refractivity (Wildman–Crippen MR) is 81.6 cm³/mol. The fourth-order valence-corrected chi connectivity index (χ4v) is 2.35. The van der Waals surface area contributed by atoms with Gasteiger partial charge < -0.3 is 29.4 Å². The lowest BCUT2D eigenvalue weighted by Gasteiger charge is -2.29. The van der Waals surface area contributed by atoms with Crippen LogP contribution in [0.15, 0.2) is 0 Å². The van der Waals surface area contributed by atoms with Crippen LogP contribution < -0.4 is 29.4 Å². The Balaban J connectivity index is 4.50. The standard InChI is InChI=1S/C15H10F15NO5/c1-3(2)5(31)4-6(32-11(16,17)18)8(34-13(22,23)24)10(36-15(28,29)30)9(35-14(25,26)27)7(4)33-12(19,20)21/h3,5H,31H2,1-2H3. The van der Waals surface area contributed by atoms with Crippen LogP contribution >= 0.6 is 0 Å². The average Bonchev–Trinajstić information content (AvgIpc) is 2.55. The Morgan fingerprint density at radius 3 is 0.833 bits per heavy atom. The second-order valence-corrected chi connectivity index (χ2v) is 6.57. The van der Waals surface area contributed by atoms with Crippen molar-refractivity contribution in [3.8, 4) is 28.7 Å². The second kappa shape index (κ2) is 9.88. The van der Waals surface area contributed by atoms with E-state index in [1.807, 2.05) is 0 Å². The van der Waals surface area contributed by atoms with Gasteiger partial charge >= 0.3 is 31.8 Å². The quantitative estimate of drug-likeness (QED) is 0.363. The Bertz CT molecular complexity index is 858. The van der Waals surface area contributed by atoms with Crippen molar-refractivity contribution < 1.29 is 89.5 Å². The summed E-state index contributed by atoms with van der Waals surface area (Å²) in [5.41, 5.74) is 3.30. The molecule has 0 bridgehead atoms. The maximum Gasteiger partial charge on any atom is 0.573 e. The van der Waals surface area contributed by atoms with E-state index in [0.29, 0.717) is 0 Å². The van der Waals surface area contributed by atoms with Crippen molar-refractivity contribution >= 4 is 0 Å². The van der Waals surface area contributed by atoms with Crippen LogP contribution in [0.5, 0.6) is 28.7 Å². The average molecular weight is 569 g/mol. The number of nitrogens with two attached hydrogens (primary N) is 1. The molecule has 0 aromatic heterocycles. The third kappa shape index (κ3) is 9.64. The Labute approximate surface area is 188 Å². The first-order valence-corrected chi connectivity index (χ1v) is 8.49. The van der Waals surface area contributed by atoms with Crippen LogP contribution in [0.4, 0.5) is 65.9 Å². The molecule has 6 nitrogen and oxygen atoms in total. The number of hydrogen-bond acceptors (Lipinski definition) is 6. The highest BCUT2D eigenvalue weighted by Gasteiger charge is 2.50. The molecular formula is C15H10F15NO5. The zero-order chi connectivity index (χ0) is 28.7. The van der Waals surface area contributed by atoms with Crippen LogP contribution in [0.2, 0.25) is 0 Å². The van der Waals surface area contributed by atoms with Crippen molar-refractivity contribution in [2.24, 2.45) is 11.7 Å². The van der Waals surface area contributed by atoms with Gasteiger partial charge in [-0.1, -0.05) is 13.8 Å². The van der Waals surface area contributed by atoms with Gasteiger partial charge in [0.1, 0.15) is 0 Å². The van der Waals surface area contributed by atoms with Gasteiger partial charge in [0.15, 0.2) is 11.5 Å². The van der Waals surface area contributed by atoms with Gasteiger partial charge in [-0.2, -0.15) is 0 Å². The summed E-state index contributed by atoms with van der Waals surface area (Å²) < 4.78 is 209.